The maximum atomic E-state index is 6.15. The zero-order valence-electron chi connectivity index (χ0n) is 18.2. The van der Waals surface area contributed by atoms with Crippen LogP contribution in [0.5, 0.6) is 5.75 Å². The molecule has 0 bridgehead atoms. The van der Waals surface area contributed by atoms with Crippen molar-refractivity contribution in [3.05, 3.63) is 30.6 Å². The first-order chi connectivity index (χ1) is 14.4. The molecule has 2 aromatic heterocycles. The second kappa shape index (κ2) is 7.23. The average molecular weight is 407 g/mol. The second-order valence-corrected chi connectivity index (χ2v) is 9.22. The van der Waals surface area contributed by atoms with Crippen molar-refractivity contribution in [2.45, 2.75) is 58.2 Å². The van der Waals surface area contributed by atoms with Crippen LogP contribution in [0.25, 0.3) is 22.3 Å². The minimum Gasteiger partial charge on any atom is -0.488 e. The minimum absolute atomic E-state index is 0.00547. The fourth-order valence-corrected chi connectivity index (χ4v) is 4.41. The highest BCUT2D eigenvalue weighted by molar-refractivity contribution is 5.93. The number of rotatable bonds is 5. The van der Waals surface area contributed by atoms with Gasteiger partial charge in [0.2, 0.25) is 0 Å². The summed E-state index contributed by atoms with van der Waals surface area (Å²) in [7, 11) is 0. The zero-order valence-corrected chi connectivity index (χ0v) is 18.2. The number of hydrogen-bond acceptors (Lipinski definition) is 6. The van der Waals surface area contributed by atoms with E-state index in [-0.39, 0.29) is 5.60 Å². The van der Waals surface area contributed by atoms with Crippen LogP contribution in [0.1, 0.15) is 40.5 Å². The van der Waals surface area contributed by atoms with Gasteiger partial charge < -0.3 is 9.64 Å². The van der Waals surface area contributed by atoms with E-state index in [4.69, 9.17) is 4.74 Å². The van der Waals surface area contributed by atoms with Gasteiger partial charge in [0.1, 0.15) is 29.2 Å². The number of nitrogens with zero attached hydrogens (tertiary/aromatic N) is 5. The van der Waals surface area contributed by atoms with Crippen molar-refractivity contribution in [3.63, 3.8) is 0 Å². The number of nitrogens with one attached hydrogen (secondary N) is 1. The van der Waals surface area contributed by atoms with E-state index in [0.29, 0.717) is 12.1 Å². The van der Waals surface area contributed by atoms with Crippen molar-refractivity contribution < 1.29 is 4.74 Å². The van der Waals surface area contributed by atoms with Crippen LogP contribution in [-0.2, 0) is 0 Å². The van der Waals surface area contributed by atoms with Gasteiger partial charge >= 0.3 is 0 Å². The first-order valence-corrected chi connectivity index (χ1v) is 10.9. The van der Waals surface area contributed by atoms with Crippen LogP contribution < -0.4 is 9.64 Å². The Kier molecular flexibility index (Phi) is 4.65. The van der Waals surface area contributed by atoms with Gasteiger partial charge in [-0.05, 0) is 58.7 Å². The molecule has 0 amide bonds. The number of anilines is 1. The smallest absolute Gasteiger partial charge is 0.132 e. The van der Waals surface area contributed by atoms with Crippen molar-refractivity contribution in [1.82, 2.24) is 25.1 Å². The monoisotopic (exact) mass is 406 g/mol. The fourth-order valence-electron chi connectivity index (χ4n) is 4.41. The van der Waals surface area contributed by atoms with E-state index in [0.717, 1.165) is 66.3 Å². The normalized spacial score (nSPS) is 21.4. The van der Waals surface area contributed by atoms with Gasteiger partial charge in [0.15, 0.2) is 0 Å². The lowest BCUT2D eigenvalue weighted by Gasteiger charge is -2.42. The molecule has 0 unspecified atom stereocenters. The van der Waals surface area contributed by atoms with Gasteiger partial charge in [0.05, 0.1) is 11.2 Å². The number of benzene rings is 1. The number of aromatic amines is 1. The molecule has 0 spiro atoms. The second-order valence-electron chi connectivity index (χ2n) is 9.22. The van der Waals surface area contributed by atoms with Crippen molar-refractivity contribution in [2.24, 2.45) is 0 Å². The molecule has 0 radical (unpaired) electrons. The lowest BCUT2D eigenvalue weighted by Crippen LogP contribution is -2.54. The van der Waals surface area contributed by atoms with E-state index < -0.39 is 0 Å². The van der Waals surface area contributed by atoms with Crippen LogP contribution in [-0.4, -0.2) is 62.4 Å². The molecule has 2 aliphatic rings. The summed E-state index contributed by atoms with van der Waals surface area (Å²) in [6.07, 6.45) is 3.87. The standard InChI is InChI=1S/C23H30N6O/c1-15(2)29-10-9-28(13-16(29)3)21-12-20(24-14-25-21)22-18-11-17(30-23(4)7-8-23)5-6-19(18)26-27-22/h5-6,11-12,14-16H,7-10,13H2,1-4H3,(H,26,27)/t16-/m0/s1. The molecule has 30 heavy (non-hydrogen) atoms. The Bertz CT molecular complexity index is 1060. The highest BCUT2D eigenvalue weighted by Gasteiger charge is 2.40. The van der Waals surface area contributed by atoms with Gasteiger partial charge in [-0.2, -0.15) is 5.10 Å². The summed E-state index contributed by atoms with van der Waals surface area (Å²) >= 11 is 0. The molecule has 7 heteroatoms. The molecule has 1 saturated heterocycles. The van der Waals surface area contributed by atoms with Crippen LogP contribution in [0.2, 0.25) is 0 Å². The number of H-pyrrole nitrogens is 1. The molecule has 3 aromatic rings. The van der Waals surface area contributed by atoms with E-state index in [9.17, 15) is 0 Å². The molecule has 1 aliphatic carbocycles. The number of aromatic nitrogens is 4. The lowest BCUT2D eigenvalue weighted by atomic mass is 10.1. The van der Waals surface area contributed by atoms with Crippen LogP contribution in [0.15, 0.2) is 30.6 Å². The Morgan fingerprint density at radius 3 is 2.73 bits per heavy atom. The summed E-state index contributed by atoms with van der Waals surface area (Å²) in [6.45, 7) is 12.0. The average Bonchev–Trinajstić information content (AvgIpc) is 3.30. The fraction of sp³-hybridized carbons (Fsp3) is 0.522. The lowest BCUT2D eigenvalue weighted by molar-refractivity contribution is 0.148. The van der Waals surface area contributed by atoms with Gasteiger partial charge in [0.25, 0.3) is 0 Å². The molecule has 5 rings (SSSR count). The molecule has 1 atom stereocenters. The highest BCUT2D eigenvalue weighted by atomic mass is 16.5. The van der Waals surface area contributed by atoms with E-state index in [1.54, 1.807) is 6.33 Å². The maximum absolute atomic E-state index is 6.15. The van der Waals surface area contributed by atoms with Crippen molar-refractivity contribution in [3.8, 4) is 17.1 Å². The van der Waals surface area contributed by atoms with E-state index >= 15 is 0 Å². The maximum Gasteiger partial charge on any atom is 0.132 e. The molecule has 2 fully saturated rings. The molecule has 1 aliphatic heterocycles. The predicted molar refractivity (Wildman–Crippen MR) is 119 cm³/mol. The molecule has 7 nitrogen and oxygen atoms in total. The third-order valence-corrected chi connectivity index (χ3v) is 6.41. The summed E-state index contributed by atoms with van der Waals surface area (Å²) < 4.78 is 6.15. The Hall–Kier alpha value is -2.67. The predicted octanol–water partition coefficient (Wildman–Crippen LogP) is 3.87. The van der Waals surface area contributed by atoms with Crippen molar-refractivity contribution in [2.75, 3.05) is 24.5 Å². The Balaban J connectivity index is 1.43. The summed E-state index contributed by atoms with van der Waals surface area (Å²) in [5.41, 5.74) is 2.65. The highest BCUT2D eigenvalue weighted by Crippen LogP contribution is 2.40. The molecular weight excluding hydrogens is 376 g/mol. The molecule has 1 saturated carbocycles. The Labute approximate surface area is 177 Å². The SMILES string of the molecule is CC(C)N1CCN(c2cc(-c3n[nH]c4ccc(OC5(C)CC5)cc34)ncn2)C[C@@H]1C. The largest absolute Gasteiger partial charge is 0.488 e. The molecule has 3 heterocycles. The number of hydrogen-bond donors (Lipinski definition) is 1. The summed E-state index contributed by atoms with van der Waals surface area (Å²) in [5.74, 6) is 1.85. The molecule has 1 N–H and O–H groups in total. The van der Waals surface area contributed by atoms with Crippen LogP contribution in [0.4, 0.5) is 5.82 Å². The summed E-state index contributed by atoms with van der Waals surface area (Å²) in [5, 5.41) is 8.72. The Morgan fingerprint density at radius 2 is 2.00 bits per heavy atom. The third-order valence-electron chi connectivity index (χ3n) is 6.41. The third kappa shape index (κ3) is 3.62. The summed E-state index contributed by atoms with van der Waals surface area (Å²) in [6, 6.07) is 9.22. The van der Waals surface area contributed by atoms with E-state index in [1.807, 2.05) is 12.1 Å². The first kappa shape index (κ1) is 19.3. The summed E-state index contributed by atoms with van der Waals surface area (Å²) in [4.78, 5) is 14.0. The zero-order chi connectivity index (χ0) is 20.9. The number of piperazine rings is 1. The van der Waals surface area contributed by atoms with E-state index in [1.165, 1.54) is 0 Å². The number of ether oxygens (including phenoxy) is 1. The van der Waals surface area contributed by atoms with Crippen LogP contribution in [0.3, 0.4) is 0 Å². The molecule has 1 aromatic carbocycles. The van der Waals surface area contributed by atoms with Gasteiger partial charge in [-0.15, -0.1) is 0 Å². The number of fused-ring (bicyclic) bond motifs is 1. The molecular formula is C23H30N6O. The van der Waals surface area contributed by atoms with Crippen LogP contribution in [0, 0.1) is 0 Å². The van der Waals surface area contributed by atoms with Gasteiger partial charge in [-0.1, -0.05) is 0 Å². The van der Waals surface area contributed by atoms with E-state index in [2.05, 4.69) is 69.8 Å². The Morgan fingerprint density at radius 1 is 1.17 bits per heavy atom. The van der Waals surface area contributed by atoms with Gasteiger partial charge in [-0.3, -0.25) is 10.00 Å². The quantitative estimate of drug-likeness (QED) is 0.694. The van der Waals surface area contributed by atoms with Gasteiger partial charge in [-0.25, -0.2) is 9.97 Å². The van der Waals surface area contributed by atoms with Gasteiger partial charge in [0, 0.05) is 43.2 Å². The minimum atomic E-state index is -0.00547. The topological polar surface area (TPSA) is 70.2 Å². The first-order valence-electron chi connectivity index (χ1n) is 10.9. The van der Waals surface area contributed by atoms with Crippen LogP contribution >= 0.6 is 0 Å². The molecule has 158 valence electrons. The van der Waals surface area contributed by atoms with Crippen molar-refractivity contribution in [1.29, 1.82) is 0 Å². The van der Waals surface area contributed by atoms with Crippen molar-refractivity contribution >= 4 is 16.7 Å².